The summed E-state index contributed by atoms with van der Waals surface area (Å²) in [6.45, 7) is 4.81. The van der Waals surface area contributed by atoms with Gasteiger partial charge in [0.05, 0.1) is 0 Å². The van der Waals surface area contributed by atoms with Crippen LogP contribution in [0.4, 0.5) is 9.18 Å². The van der Waals surface area contributed by atoms with Crippen LogP contribution in [0.3, 0.4) is 0 Å². The highest BCUT2D eigenvalue weighted by Gasteiger charge is 2.36. The van der Waals surface area contributed by atoms with Crippen LogP contribution in [0.1, 0.15) is 50.2 Å². The topological polar surface area (TPSA) is 61.9 Å². The van der Waals surface area contributed by atoms with Gasteiger partial charge in [-0.3, -0.25) is 4.79 Å². The summed E-state index contributed by atoms with van der Waals surface area (Å²) in [5.74, 6) is 0.696. The largest absolute Gasteiger partial charge is 0.445 e. The maximum absolute atomic E-state index is 13.3. The summed E-state index contributed by atoms with van der Waals surface area (Å²) in [4.78, 5) is 29.1. The molecule has 0 radical (unpaired) electrons. The van der Waals surface area contributed by atoms with Gasteiger partial charge >= 0.3 is 6.09 Å². The summed E-state index contributed by atoms with van der Waals surface area (Å²) in [6.07, 6.45) is 5.49. The molecule has 2 aliphatic rings. The number of benzene rings is 2. The molecule has 4 unspecified atom stereocenters. The van der Waals surface area contributed by atoms with Crippen LogP contribution in [0.15, 0.2) is 54.6 Å². The zero-order valence-electron chi connectivity index (χ0n) is 22.1. The summed E-state index contributed by atoms with van der Waals surface area (Å²) in [7, 11) is 1.85. The van der Waals surface area contributed by atoms with Crippen molar-refractivity contribution < 1.29 is 18.7 Å². The van der Waals surface area contributed by atoms with Crippen molar-refractivity contribution in [2.45, 2.75) is 64.1 Å². The van der Waals surface area contributed by atoms with E-state index in [9.17, 15) is 14.0 Å². The fourth-order valence-corrected chi connectivity index (χ4v) is 5.90. The van der Waals surface area contributed by atoms with E-state index in [1.165, 1.54) is 12.0 Å². The molecule has 2 amide bonds. The van der Waals surface area contributed by atoms with Crippen LogP contribution < -0.4 is 5.32 Å². The number of amides is 2. The number of carbonyl (C=O) groups excluding carboxylic acids is 2. The van der Waals surface area contributed by atoms with Crippen LogP contribution in [0.2, 0.25) is 0 Å². The first-order valence-corrected chi connectivity index (χ1v) is 13.5. The molecule has 1 aliphatic carbocycles. The van der Waals surface area contributed by atoms with Gasteiger partial charge in [0.2, 0.25) is 5.91 Å². The van der Waals surface area contributed by atoms with Crippen LogP contribution in [-0.2, 0) is 22.6 Å². The molecule has 0 aromatic heterocycles. The summed E-state index contributed by atoms with van der Waals surface area (Å²) in [6, 6.07) is 16.6. The van der Waals surface area contributed by atoms with Gasteiger partial charge < -0.3 is 19.9 Å². The van der Waals surface area contributed by atoms with Gasteiger partial charge in [-0.2, -0.15) is 0 Å². The number of hydrogen-bond acceptors (Lipinski definition) is 4. The first-order valence-electron chi connectivity index (χ1n) is 13.5. The van der Waals surface area contributed by atoms with Crippen LogP contribution in [0.25, 0.3) is 0 Å². The van der Waals surface area contributed by atoms with E-state index in [0.29, 0.717) is 11.8 Å². The molecule has 6 nitrogen and oxygen atoms in total. The van der Waals surface area contributed by atoms with E-state index in [1.54, 1.807) is 24.0 Å². The lowest BCUT2D eigenvalue weighted by atomic mass is 9.80. The Kier molecular flexibility index (Phi) is 9.56. The van der Waals surface area contributed by atoms with Gasteiger partial charge in [-0.1, -0.05) is 42.5 Å². The predicted octanol–water partition coefficient (Wildman–Crippen LogP) is 5.02. The van der Waals surface area contributed by atoms with Crippen molar-refractivity contribution in [1.82, 2.24) is 15.1 Å². The zero-order chi connectivity index (χ0) is 26.2. The summed E-state index contributed by atoms with van der Waals surface area (Å²) in [5.41, 5.74) is 2.13. The highest BCUT2D eigenvalue weighted by Crippen LogP contribution is 2.30. The van der Waals surface area contributed by atoms with E-state index in [2.05, 4.69) is 10.2 Å². The maximum Gasteiger partial charge on any atom is 0.407 e. The van der Waals surface area contributed by atoms with E-state index in [1.807, 2.05) is 49.5 Å². The number of rotatable bonds is 8. The number of halogens is 1. The van der Waals surface area contributed by atoms with Crippen molar-refractivity contribution in [1.29, 1.82) is 0 Å². The van der Waals surface area contributed by atoms with E-state index < -0.39 is 6.09 Å². The number of hydrogen-bond donors (Lipinski definition) is 1. The second-order valence-corrected chi connectivity index (χ2v) is 10.8. The van der Waals surface area contributed by atoms with Gasteiger partial charge in [-0.05, 0) is 80.2 Å². The number of nitrogens with zero attached hydrogens (tertiary/aromatic N) is 2. The van der Waals surface area contributed by atoms with E-state index >= 15 is 0 Å². The summed E-state index contributed by atoms with van der Waals surface area (Å²) < 4.78 is 18.8. The molecule has 2 fully saturated rings. The van der Waals surface area contributed by atoms with Crippen molar-refractivity contribution >= 4 is 12.0 Å². The average molecular weight is 510 g/mol. The normalized spacial score (nSPS) is 24.3. The molecule has 4 atom stereocenters. The molecular formula is C30H40FN3O3. The van der Waals surface area contributed by atoms with Gasteiger partial charge in [0.15, 0.2) is 0 Å². The maximum atomic E-state index is 13.3. The summed E-state index contributed by atoms with van der Waals surface area (Å²) >= 11 is 0. The third-order valence-electron chi connectivity index (χ3n) is 8.06. The molecule has 200 valence electrons. The van der Waals surface area contributed by atoms with E-state index in [0.717, 1.165) is 57.3 Å². The van der Waals surface area contributed by atoms with E-state index in [-0.39, 0.29) is 30.4 Å². The van der Waals surface area contributed by atoms with Crippen molar-refractivity contribution in [3.63, 3.8) is 0 Å². The number of nitrogens with one attached hydrogen (secondary N) is 1. The van der Waals surface area contributed by atoms with Gasteiger partial charge in [-0.25, -0.2) is 9.18 Å². The molecular weight excluding hydrogens is 469 g/mol. The Morgan fingerprint density at radius 3 is 2.54 bits per heavy atom. The summed E-state index contributed by atoms with van der Waals surface area (Å²) in [5, 5.41) is 3.15. The minimum Gasteiger partial charge on any atom is -0.445 e. The van der Waals surface area contributed by atoms with Gasteiger partial charge in [0.1, 0.15) is 12.4 Å². The first kappa shape index (κ1) is 27.1. The highest BCUT2D eigenvalue weighted by molar-refractivity contribution is 5.73. The predicted molar refractivity (Wildman–Crippen MR) is 142 cm³/mol. The molecule has 1 saturated heterocycles. The highest BCUT2D eigenvalue weighted by atomic mass is 19.1. The molecule has 0 spiro atoms. The Bertz CT molecular complexity index is 1020. The number of carbonyl (C=O) groups is 2. The minimum absolute atomic E-state index is 0.0496. The lowest BCUT2D eigenvalue weighted by Crippen LogP contribution is -2.53. The Morgan fingerprint density at radius 1 is 1.05 bits per heavy atom. The van der Waals surface area contributed by atoms with Gasteiger partial charge in [0, 0.05) is 39.1 Å². The molecule has 2 aromatic carbocycles. The van der Waals surface area contributed by atoms with Gasteiger partial charge in [-0.15, -0.1) is 0 Å². The van der Waals surface area contributed by atoms with Crippen LogP contribution >= 0.6 is 0 Å². The molecule has 7 heteroatoms. The fraction of sp³-hybridized carbons (Fsp3) is 0.533. The van der Waals surface area contributed by atoms with E-state index in [4.69, 9.17) is 4.74 Å². The Morgan fingerprint density at radius 2 is 1.81 bits per heavy atom. The lowest BCUT2D eigenvalue weighted by molar-refractivity contribution is -0.130. The smallest absolute Gasteiger partial charge is 0.407 e. The quantitative estimate of drug-likeness (QED) is 0.543. The number of piperidine rings is 1. The van der Waals surface area contributed by atoms with Crippen molar-refractivity contribution in [3.05, 3.63) is 71.5 Å². The molecule has 2 aromatic rings. The van der Waals surface area contributed by atoms with Crippen LogP contribution in [0.5, 0.6) is 0 Å². The second-order valence-electron chi connectivity index (χ2n) is 10.8. The lowest BCUT2D eigenvalue weighted by Gasteiger charge is -2.43. The molecule has 1 heterocycles. The Hall–Kier alpha value is -2.93. The third kappa shape index (κ3) is 8.03. The fourth-order valence-electron chi connectivity index (χ4n) is 5.90. The molecule has 1 saturated carbocycles. The number of likely N-dealkylation sites (tertiary alicyclic amines) is 1. The van der Waals surface area contributed by atoms with Gasteiger partial charge in [0.25, 0.3) is 0 Å². The van der Waals surface area contributed by atoms with Crippen LogP contribution in [0, 0.1) is 17.7 Å². The third-order valence-corrected chi connectivity index (χ3v) is 8.06. The van der Waals surface area contributed by atoms with Crippen molar-refractivity contribution in [3.8, 4) is 0 Å². The average Bonchev–Trinajstić information content (AvgIpc) is 2.90. The second kappa shape index (κ2) is 13.0. The number of ether oxygens (including phenoxy) is 1. The van der Waals surface area contributed by atoms with Crippen LogP contribution in [-0.4, -0.2) is 60.6 Å². The Labute approximate surface area is 220 Å². The standard InChI is InChI=1S/C30H40FN3O3/c1-22(35)33(2)28-15-12-26(29(18-28)32-30(36)37-21-24-7-4-3-5-8-24)20-34-16-6-9-25(19-34)17-23-10-13-27(31)14-11-23/h3-5,7-8,10-11,13-14,25-26,28-29H,6,9,12,15-21H2,1-2H3,(H,32,36). The SMILES string of the molecule is CC(=O)N(C)C1CCC(CN2CCCC(Cc3ccc(F)cc3)C2)C(NC(=O)OCc2ccccc2)C1. The molecule has 37 heavy (non-hydrogen) atoms. The minimum atomic E-state index is -0.405. The first-order chi connectivity index (χ1) is 17.9. The number of alkyl carbamates (subject to hydrolysis) is 1. The molecule has 1 aliphatic heterocycles. The van der Waals surface area contributed by atoms with Crippen molar-refractivity contribution in [2.75, 3.05) is 26.7 Å². The van der Waals surface area contributed by atoms with Crippen molar-refractivity contribution in [2.24, 2.45) is 11.8 Å². The molecule has 4 rings (SSSR count). The molecule has 0 bridgehead atoms. The monoisotopic (exact) mass is 509 g/mol. The zero-order valence-corrected chi connectivity index (χ0v) is 22.1. The Balaban J connectivity index is 1.36. The molecule has 1 N–H and O–H groups in total.